The van der Waals surface area contributed by atoms with Crippen LogP contribution in [0.4, 0.5) is 14.9 Å². The zero-order valence-electron chi connectivity index (χ0n) is 12.4. The Hall–Kier alpha value is -2.44. The van der Waals surface area contributed by atoms with Crippen LogP contribution in [0.5, 0.6) is 0 Å². The van der Waals surface area contributed by atoms with Crippen LogP contribution in [0.2, 0.25) is 0 Å². The van der Waals surface area contributed by atoms with Crippen molar-refractivity contribution >= 4 is 23.5 Å². The number of nitrogens with zero attached hydrogens (tertiary/aromatic N) is 1. The molecule has 0 radical (unpaired) electrons. The highest BCUT2D eigenvalue weighted by Gasteiger charge is 2.38. The molecule has 0 bridgehead atoms. The van der Waals surface area contributed by atoms with E-state index in [-0.39, 0.29) is 23.9 Å². The molecule has 0 spiro atoms. The Kier molecular flexibility index (Phi) is 4.02. The van der Waals surface area contributed by atoms with Crippen LogP contribution < -0.4 is 10.2 Å². The van der Waals surface area contributed by atoms with E-state index in [2.05, 4.69) is 5.32 Å². The largest absolute Gasteiger partial charge is 0.481 e. The van der Waals surface area contributed by atoms with Gasteiger partial charge in [-0.1, -0.05) is 0 Å². The van der Waals surface area contributed by atoms with Crippen molar-refractivity contribution in [3.63, 3.8) is 0 Å². The van der Waals surface area contributed by atoms with Gasteiger partial charge in [-0.3, -0.25) is 14.5 Å². The van der Waals surface area contributed by atoms with Crippen molar-refractivity contribution in [3.8, 4) is 0 Å². The summed E-state index contributed by atoms with van der Waals surface area (Å²) < 4.78 is 14.0. The number of anilines is 1. The summed E-state index contributed by atoms with van der Waals surface area (Å²) in [5.74, 6) is -3.01. The first-order valence-corrected chi connectivity index (χ1v) is 7.58. The van der Waals surface area contributed by atoms with E-state index < -0.39 is 23.5 Å². The third-order valence-corrected chi connectivity index (χ3v) is 4.33. The summed E-state index contributed by atoms with van der Waals surface area (Å²) in [5.41, 5.74) is 0.275. The van der Waals surface area contributed by atoms with E-state index in [1.54, 1.807) is 0 Å². The van der Waals surface area contributed by atoms with Crippen molar-refractivity contribution < 1.29 is 23.9 Å². The Labute approximate surface area is 132 Å². The molecule has 3 rings (SSSR count). The van der Waals surface area contributed by atoms with Gasteiger partial charge in [0, 0.05) is 25.2 Å². The standard InChI is InChI=1S/C16H17FN2O4/c17-13-4-3-10(19-6-5-18-16(19)23)7-12(13)14(20)8-11(15(21)22)9-1-2-9/h3-4,7,9,11H,1-2,5-6,8H2,(H,18,23)(H,21,22). The van der Waals surface area contributed by atoms with Crippen LogP contribution in [0.1, 0.15) is 29.6 Å². The van der Waals surface area contributed by atoms with Gasteiger partial charge in [-0.25, -0.2) is 9.18 Å². The van der Waals surface area contributed by atoms with E-state index in [9.17, 15) is 23.9 Å². The lowest BCUT2D eigenvalue weighted by Crippen LogP contribution is -2.28. The predicted octanol–water partition coefficient (Wildman–Crippen LogP) is 2.04. The summed E-state index contributed by atoms with van der Waals surface area (Å²) >= 11 is 0. The number of aliphatic carboxylic acids is 1. The molecule has 1 saturated heterocycles. The Morgan fingerprint density at radius 2 is 2.13 bits per heavy atom. The number of carbonyl (C=O) groups excluding carboxylic acids is 2. The first kappa shape index (κ1) is 15.5. The Morgan fingerprint density at radius 3 is 2.70 bits per heavy atom. The fraction of sp³-hybridized carbons (Fsp3) is 0.438. The topological polar surface area (TPSA) is 86.7 Å². The normalized spacial score (nSPS) is 18.7. The van der Waals surface area contributed by atoms with E-state index in [4.69, 9.17) is 0 Å². The molecular formula is C16H17FN2O4. The molecule has 2 amide bonds. The van der Waals surface area contributed by atoms with Gasteiger partial charge in [0.15, 0.2) is 5.78 Å². The lowest BCUT2D eigenvalue weighted by Gasteiger charge is -2.16. The minimum Gasteiger partial charge on any atom is -0.481 e. The smallest absolute Gasteiger partial charge is 0.321 e. The van der Waals surface area contributed by atoms with Crippen molar-refractivity contribution in [2.75, 3.05) is 18.0 Å². The molecular weight excluding hydrogens is 303 g/mol. The molecule has 1 aliphatic carbocycles. The monoisotopic (exact) mass is 320 g/mol. The average molecular weight is 320 g/mol. The second-order valence-corrected chi connectivity index (χ2v) is 5.96. The molecule has 7 heteroatoms. The second kappa shape index (κ2) is 5.98. The number of Topliss-reactive ketones (excluding diaryl/α,β-unsaturated/α-hetero) is 1. The van der Waals surface area contributed by atoms with Gasteiger partial charge >= 0.3 is 12.0 Å². The minimum absolute atomic E-state index is 0.00653. The number of carboxylic acid groups (broad SMARTS) is 1. The Balaban J connectivity index is 1.82. The SMILES string of the molecule is O=C(CC(C(=O)O)C1CC1)c1cc(N2CCNC2=O)ccc1F. The number of halogens is 1. The summed E-state index contributed by atoms with van der Waals surface area (Å²) in [6.45, 7) is 0.931. The molecule has 2 fully saturated rings. The number of hydrogen-bond acceptors (Lipinski definition) is 3. The number of hydrogen-bond donors (Lipinski definition) is 2. The van der Waals surface area contributed by atoms with Gasteiger partial charge in [-0.2, -0.15) is 0 Å². The van der Waals surface area contributed by atoms with Gasteiger partial charge in [-0.15, -0.1) is 0 Å². The molecule has 1 heterocycles. The van der Waals surface area contributed by atoms with E-state index in [1.165, 1.54) is 17.0 Å². The lowest BCUT2D eigenvalue weighted by atomic mass is 9.94. The van der Waals surface area contributed by atoms with Crippen molar-refractivity contribution in [1.82, 2.24) is 5.32 Å². The third-order valence-electron chi connectivity index (χ3n) is 4.33. The first-order valence-electron chi connectivity index (χ1n) is 7.58. The molecule has 23 heavy (non-hydrogen) atoms. The van der Waals surface area contributed by atoms with Crippen molar-refractivity contribution in [3.05, 3.63) is 29.6 Å². The van der Waals surface area contributed by atoms with Crippen LogP contribution in [0.25, 0.3) is 0 Å². The molecule has 2 N–H and O–H groups in total. The van der Waals surface area contributed by atoms with E-state index in [0.717, 1.165) is 18.9 Å². The molecule has 1 aromatic rings. The number of nitrogens with one attached hydrogen (secondary N) is 1. The average Bonchev–Trinajstić information content (AvgIpc) is 3.26. The van der Waals surface area contributed by atoms with Crippen LogP contribution >= 0.6 is 0 Å². The van der Waals surface area contributed by atoms with Gasteiger partial charge in [0.05, 0.1) is 11.5 Å². The van der Waals surface area contributed by atoms with Gasteiger partial charge in [0.25, 0.3) is 0 Å². The van der Waals surface area contributed by atoms with Gasteiger partial charge in [0.1, 0.15) is 5.82 Å². The highest BCUT2D eigenvalue weighted by molar-refractivity contribution is 6.01. The Bertz CT molecular complexity index is 672. The van der Waals surface area contributed by atoms with Crippen LogP contribution in [-0.2, 0) is 4.79 Å². The summed E-state index contributed by atoms with van der Waals surface area (Å²) in [4.78, 5) is 36.7. The maximum Gasteiger partial charge on any atom is 0.321 e. The molecule has 6 nitrogen and oxygen atoms in total. The summed E-state index contributed by atoms with van der Waals surface area (Å²) in [7, 11) is 0. The van der Waals surface area contributed by atoms with Crippen molar-refractivity contribution in [2.24, 2.45) is 11.8 Å². The minimum atomic E-state index is -1.02. The lowest BCUT2D eigenvalue weighted by molar-refractivity contribution is -0.142. The molecule has 0 aromatic heterocycles. The van der Waals surface area contributed by atoms with E-state index >= 15 is 0 Å². The zero-order chi connectivity index (χ0) is 16.6. The summed E-state index contributed by atoms with van der Waals surface area (Å²) in [6, 6.07) is 3.61. The van der Waals surface area contributed by atoms with E-state index in [0.29, 0.717) is 18.8 Å². The number of carboxylic acids is 1. The van der Waals surface area contributed by atoms with Crippen LogP contribution in [0, 0.1) is 17.7 Å². The molecule has 122 valence electrons. The number of amides is 2. The molecule has 2 aliphatic rings. The van der Waals surface area contributed by atoms with Crippen LogP contribution in [0.3, 0.4) is 0 Å². The van der Waals surface area contributed by atoms with Gasteiger partial charge in [0.2, 0.25) is 0 Å². The quantitative estimate of drug-likeness (QED) is 0.785. The number of benzene rings is 1. The fourth-order valence-electron chi connectivity index (χ4n) is 2.88. The zero-order valence-corrected chi connectivity index (χ0v) is 12.4. The Morgan fingerprint density at radius 1 is 1.39 bits per heavy atom. The molecule has 1 atom stereocenters. The third kappa shape index (κ3) is 3.18. The van der Waals surface area contributed by atoms with Gasteiger partial charge < -0.3 is 10.4 Å². The van der Waals surface area contributed by atoms with Crippen LogP contribution in [-0.4, -0.2) is 36.0 Å². The van der Waals surface area contributed by atoms with Gasteiger partial charge in [-0.05, 0) is 37.0 Å². The molecule has 1 aromatic carbocycles. The molecule has 1 unspecified atom stereocenters. The second-order valence-electron chi connectivity index (χ2n) is 5.96. The number of urea groups is 1. The summed E-state index contributed by atoms with van der Waals surface area (Å²) in [6.07, 6.45) is 1.37. The number of rotatable bonds is 6. The molecule has 1 saturated carbocycles. The van der Waals surface area contributed by atoms with Crippen LogP contribution in [0.15, 0.2) is 18.2 Å². The summed E-state index contributed by atoms with van der Waals surface area (Å²) in [5, 5.41) is 11.8. The first-order chi connectivity index (χ1) is 11.0. The fourth-order valence-corrected chi connectivity index (χ4v) is 2.88. The maximum atomic E-state index is 14.0. The maximum absolute atomic E-state index is 14.0. The van der Waals surface area contributed by atoms with Crippen molar-refractivity contribution in [1.29, 1.82) is 0 Å². The highest BCUT2D eigenvalue weighted by Crippen LogP contribution is 2.39. The van der Waals surface area contributed by atoms with Crippen molar-refractivity contribution in [2.45, 2.75) is 19.3 Å². The predicted molar refractivity (Wildman–Crippen MR) is 79.9 cm³/mol. The highest BCUT2D eigenvalue weighted by atomic mass is 19.1. The van der Waals surface area contributed by atoms with E-state index in [1.807, 2.05) is 0 Å². The molecule has 1 aliphatic heterocycles. The number of ketones is 1. The number of carbonyl (C=O) groups is 3.